The lowest BCUT2D eigenvalue weighted by atomic mass is 10.9. The summed E-state index contributed by atoms with van der Waals surface area (Å²) >= 11 is 11.5. The van der Waals surface area contributed by atoms with Gasteiger partial charge in [-0.15, -0.1) is 10.2 Å². The molecule has 2 aromatic rings. The maximum absolute atomic E-state index is 5.73. The van der Waals surface area contributed by atoms with Crippen LogP contribution in [0, 0.1) is 0 Å². The van der Waals surface area contributed by atoms with Gasteiger partial charge in [-0.3, -0.25) is 0 Å². The highest BCUT2D eigenvalue weighted by molar-refractivity contribution is 7.66. The smallest absolute Gasteiger partial charge is 0.167 e. The fourth-order valence-electron chi connectivity index (χ4n) is 0.527. The van der Waals surface area contributed by atoms with Crippen molar-refractivity contribution in [1.29, 1.82) is 0 Å². The summed E-state index contributed by atoms with van der Waals surface area (Å²) in [7, 11) is 5.26. The van der Waals surface area contributed by atoms with Gasteiger partial charge in [-0.2, -0.15) is 8.75 Å². The minimum absolute atomic E-state index is 0.369. The third-order valence-electron chi connectivity index (χ3n) is 1.05. The first-order chi connectivity index (χ1) is 6.77. The standard InChI is InChI=1S/C4Cl2N4S4/c5-1-3(11-13-9-1)7-8-4-2(6)10-14-12-4/b7-3-,8-4+. The van der Waals surface area contributed by atoms with Crippen LogP contribution in [0.5, 0.6) is 0 Å². The molecule has 0 saturated heterocycles. The van der Waals surface area contributed by atoms with E-state index in [0.717, 1.165) is 0 Å². The van der Waals surface area contributed by atoms with Gasteiger partial charge in [0, 0.05) is 21.1 Å². The van der Waals surface area contributed by atoms with Crippen LogP contribution in [0.15, 0.2) is 10.2 Å². The van der Waals surface area contributed by atoms with Crippen LogP contribution in [0.2, 0.25) is 10.3 Å². The van der Waals surface area contributed by atoms with E-state index in [1.54, 1.807) is 0 Å². The molecule has 10 heteroatoms. The van der Waals surface area contributed by atoms with Crippen molar-refractivity contribution in [3.05, 3.63) is 19.6 Å². The number of aromatic nitrogens is 2. The molecule has 0 atom stereocenters. The predicted molar refractivity (Wildman–Crippen MR) is 61.1 cm³/mol. The van der Waals surface area contributed by atoms with Gasteiger partial charge in [0.1, 0.15) is 0 Å². The molecule has 2 heterocycles. The van der Waals surface area contributed by atoms with Crippen LogP contribution in [0.3, 0.4) is 0 Å². The first kappa shape index (κ1) is 10.7. The number of hydrogen-bond acceptors (Lipinski definition) is 8. The molecule has 0 aliphatic rings. The van der Waals surface area contributed by atoms with E-state index in [1.807, 2.05) is 0 Å². The third kappa shape index (κ3) is 2.38. The van der Waals surface area contributed by atoms with E-state index in [9.17, 15) is 0 Å². The summed E-state index contributed by atoms with van der Waals surface area (Å²) < 4.78 is 8.91. The third-order valence-corrected chi connectivity index (χ3v) is 5.37. The highest BCUT2D eigenvalue weighted by Crippen LogP contribution is 2.06. The van der Waals surface area contributed by atoms with Crippen LogP contribution in [0.4, 0.5) is 0 Å². The highest BCUT2D eigenvalue weighted by Gasteiger charge is 1.97. The van der Waals surface area contributed by atoms with Gasteiger partial charge < -0.3 is 0 Å². The van der Waals surface area contributed by atoms with Gasteiger partial charge in [-0.05, 0) is 20.7 Å². The quantitative estimate of drug-likeness (QED) is 0.600. The summed E-state index contributed by atoms with van der Waals surface area (Å²) in [6, 6.07) is 0. The van der Waals surface area contributed by atoms with Crippen molar-refractivity contribution in [3.8, 4) is 0 Å². The fraction of sp³-hybridized carbons (Fsp3) is 0. The summed E-state index contributed by atoms with van der Waals surface area (Å²) in [5, 5.41) is 8.58. The van der Waals surface area contributed by atoms with Crippen molar-refractivity contribution in [2.24, 2.45) is 10.2 Å². The lowest BCUT2D eigenvalue weighted by Gasteiger charge is -1.75. The highest BCUT2D eigenvalue weighted by atomic mass is 35.5. The molecule has 2 aromatic heterocycles. The molecule has 2 rings (SSSR count). The van der Waals surface area contributed by atoms with Crippen molar-refractivity contribution >= 4 is 65.0 Å². The Kier molecular flexibility index (Phi) is 3.63. The van der Waals surface area contributed by atoms with Crippen LogP contribution in [-0.4, -0.2) is 8.75 Å². The zero-order valence-electron chi connectivity index (χ0n) is 6.18. The molecule has 0 N–H and O–H groups in total. The lowest BCUT2D eigenvalue weighted by Crippen LogP contribution is -1.97. The molecular formula is C4Cl2N4S4. The Morgan fingerprint density at radius 3 is 1.57 bits per heavy atom. The molecule has 0 fully saturated rings. The maximum atomic E-state index is 5.73. The molecule has 0 aliphatic heterocycles. The topological polar surface area (TPSA) is 50.5 Å². The van der Waals surface area contributed by atoms with Gasteiger partial charge >= 0.3 is 0 Å². The van der Waals surface area contributed by atoms with E-state index in [2.05, 4.69) is 18.9 Å². The van der Waals surface area contributed by atoms with Crippen LogP contribution in [0.1, 0.15) is 0 Å². The first-order valence-corrected chi connectivity index (χ1v) is 8.05. The molecule has 0 aliphatic carbocycles. The SMILES string of the molecule is Clc1nss/c1=N\N=c1\ssnc1Cl. The molecule has 0 aromatic carbocycles. The number of nitrogens with zero attached hydrogens (tertiary/aromatic N) is 4. The second kappa shape index (κ2) is 4.77. The molecule has 0 amide bonds. The number of hydrogen-bond donors (Lipinski definition) is 0. The molecule has 74 valence electrons. The van der Waals surface area contributed by atoms with Crippen LogP contribution in [-0.2, 0) is 0 Å². The summed E-state index contributed by atoms with van der Waals surface area (Å²) in [6.45, 7) is 0. The zero-order chi connectivity index (χ0) is 9.97. The van der Waals surface area contributed by atoms with E-state index >= 15 is 0 Å². The van der Waals surface area contributed by atoms with E-state index in [0.29, 0.717) is 19.6 Å². The Hall–Kier alpha value is 0.140. The van der Waals surface area contributed by atoms with Gasteiger partial charge in [-0.1, -0.05) is 23.2 Å². The molecule has 0 unspecified atom stereocenters. The van der Waals surface area contributed by atoms with Crippen molar-refractivity contribution in [2.45, 2.75) is 0 Å². The largest absolute Gasteiger partial charge is 0.188 e. The average Bonchev–Trinajstić information content (AvgIpc) is 2.72. The van der Waals surface area contributed by atoms with E-state index in [-0.39, 0.29) is 0 Å². The first-order valence-electron chi connectivity index (χ1n) is 3.08. The average molecular weight is 303 g/mol. The minimum atomic E-state index is 0.369. The second-order valence-electron chi connectivity index (χ2n) is 1.89. The van der Waals surface area contributed by atoms with Crippen LogP contribution >= 0.6 is 65.0 Å². The Labute approximate surface area is 103 Å². The Balaban J connectivity index is 2.48. The molecular weight excluding hydrogens is 303 g/mol. The number of rotatable bonds is 1. The zero-order valence-corrected chi connectivity index (χ0v) is 11.0. The molecule has 0 saturated carbocycles. The van der Waals surface area contributed by atoms with Gasteiger partial charge in [0.15, 0.2) is 19.6 Å². The van der Waals surface area contributed by atoms with Crippen molar-refractivity contribution < 1.29 is 0 Å². The lowest BCUT2D eigenvalue weighted by molar-refractivity contribution is 1.10. The molecule has 0 spiro atoms. The molecule has 0 radical (unpaired) electrons. The van der Waals surface area contributed by atoms with Gasteiger partial charge in [0.2, 0.25) is 0 Å². The normalized spacial score (nSPS) is 13.9. The summed E-state index contributed by atoms with van der Waals surface area (Å²) in [5.74, 6) is 0. The molecule has 14 heavy (non-hydrogen) atoms. The number of halogens is 2. The monoisotopic (exact) mass is 302 g/mol. The van der Waals surface area contributed by atoms with Gasteiger partial charge in [0.25, 0.3) is 0 Å². The van der Waals surface area contributed by atoms with Crippen LogP contribution < -0.4 is 9.34 Å². The maximum Gasteiger partial charge on any atom is 0.188 e. The van der Waals surface area contributed by atoms with Crippen molar-refractivity contribution in [3.63, 3.8) is 0 Å². The van der Waals surface area contributed by atoms with E-state index in [4.69, 9.17) is 23.2 Å². The molecule has 4 nitrogen and oxygen atoms in total. The Morgan fingerprint density at radius 2 is 1.29 bits per heavy atom. The summed E-state index contributed by atoms with van der Waals surface area (Å²) in [6.07, 6.45) is 0. The van der Waals surface area contributed by atoms with E-state index < -0.39 is 0 Å². The Bertz CT molecular complexity index is 497. The van der Waals surface area contributed by atoms with Gasteiger partial charge in [-0.25, -0.2) is 0 Å². The molecule has 0 bridgehead atoms. The minimum Gasteiger partial charge on any atom is -0.167 e. The second-order valence-corrected chi connectivity index (χ2v) is 6.27. The van der Waals surface area contributed by atoms with Gasteiger partial charge in [0.05, 0.1) is 0 Å². The van der Waals surface area contributed by atoms with Crippen molar-refractivity contribution in [1.82, 2.24) is 8.75 Å². The summed E-state index contributed by atoms with van der Waals surface area (Å²) in [5.41, 5.74) is 0. The summed E-state index contributed by atoms with van der Waals surface area (Å²) in [4.78, 5) is 0. The fourth-order valence-corrected chi connectivity index (χ4v) is 4.34. The predicted octanol–water partition coefficient (Wildman–Crippen LogP) is 2.45. The Morgan fingerprint density at radius 1 is 0.857 bits per heavy atom. The van der Waals surface area contributed by atoms with E-state index in [1.165, 1.54) is 41.8 Å². The van der Waals surface area contributed by atoms with Crippen LogP contribution in [0.25, 0.3) is 0 Å². The van der Waals surface area contributed by atoms with Crippen molar-refractivity contribution in [2.75, 3.05) is 0 Å².